The quantitative estimate of drug-likeness (QED) is 0.437. The lowest BCUT2D eigenvalue weighted by Crippen LogP contribution is -2.12. The first-order chi connectivity index (χ1) is 15.4. The van der Waals surface area contributed by atoms with Gasteiger partial charge in [-0.3, -0.25) is 10.1 Å². The lowest BCUT2D eigenvalue weighted by Gasteiger charge is -2.10. The number of amides is 1. The number of aromatic nitrogens is 2. The minimum atomic E-state index is -0.372. The molecule has 158 valence electrons. The molecule has 0 aliphatic rings. The predicted octanol–water partition coefficient (Wildman–Crippen LogP) is 5.53. The molecule has 2 aromatic carbocycles. The van der Waals surface area contributed by atoms with Crippen LogP contribution in [-0.4, -0.2) is 15.9 Å². The minimum Gasteiger partial charge on any atom is -0.444 e. The summed E-state index contributed by atoms with van der Waals surface area (Å²) in [6.45, 7) is 5.37. The molecule has 4 rings (SSSR count). The Hall–Kier alpha value is -4.44. The highest BCUT2D eigenvalue weighted by atomic mass is 16.4. The number of anilines is 3. The number of aryl methyl sites for hydroxylation is 2. The molecule has 4 aromatic rings. The Morgan fingerprint density at radius 2 is 1.78 bits per heavy atom. The number of nitriles is 1. The summed E-state index contributed by atoms with van der Waals surface area (Å²) < 4.78 is 5.54. The summed E-state index contributed by atoms with van der Waals surface area (Å²) in [5, 5.41) is 15.3. The number of furan rings is 1. The Labute approximate surface area is 185 Å². The summed E-state index contributed by atoms with van der Waals surface area (Å²) >= 11 is 0. The van der Waals surface area contributed by atoms with E-state index in [4.69, 9.17) is 4.42 Å². The minimum absolute atomic E-state index is 0.157. The molecule has 0 unspecified atom stereocenters. The van der Waals surface area contributed by atoms with Gasteiger partial charge in [-0.05, 0) is 39.0 Å². The SMILES string of the molecule is Cc1nc(Nc2cccc(C(=O)Nc3oc(C)c(C)c3C#N)c2)cc(-c2ccccc2)n1. The first-order valence-electron chi connectivity index (χ1n) is 10.0. The molecule has 0 bridgehead atoms. The Balaban J connectivity index is 1.57. The second kappa shape index (κ2) is 8.74. The maximum Gasteiger partial charge on any atom is 0.258 e. The van der Waals surface area contributed by atoms with Crippen LogP contribution >= 0.6 is 0 Å². The predicted molar refractivity (Wildman–Crippen MR) is 123 cm³/mol. The summed E-state index contributed by atoms with van der Waals surface area (Å²) in [6.07, 6.45) is 0. The van der Waals surface area contributed by atoms with Crippen LogP contribution in [0.2, 0.25) is 0 Å². The van der Waals surface area contributed by atoms with Crippen LogP contribution in [0.25, 0.3) is 11.3 Å². The highest BCUT2D eigenvalue weighted by Crippen LogP contribution is 2.26. The summed E-state index contributed by atoms with van der Waals surface area (Å²) in [6, 6.07) is 20.8. The Morgan fingerprint density at radius 3 is 2.53 bits per heavy atom. The van der Waals surface area contributed by atoms with Gasteiger partial charge in [-0.25, -0.2) is 9.97 Å². The Kier molecular flexibility index (Phi) is 5.69. The highest BCUT2D eigenvalue weighted by Gasteiger charge is 2.17. The number of benzene rings is 2. The van der Waals surface area contributed by atoms with E-state index in [1.807, 2.05) is 49.4 Å². The number of rotatable bonds is 5. The van der Waals surface area contributed by atoms with Crippen molar-refractivity contribution in [1.29, 1.82) is 5.26 Å². The van der Waals surface area contributed by atoms with E-state index in [0.29, 0.717) is 39.8 Å². The molecule has 0 saturated heterocycles. The summed E-state index contributed by atoms with van der Waals surface area (Å²) in [5.74, 6) is 1.64. The van der Waals surface area contributed by atoms with Gasteiger partial charge in [-0.1, -0.05) is 36.4 Å². The number of nitrogens with zero attached hydrogens (tertiary/aromatic N) is 3. The molecule has 0 saturated carbocycles. The average molecular weight is 423 g/mol. The van der Waals surface area contributed by atoms with Crippen LogP contribution in [0.5, 0.6) is 0 Å². The van der Waals surface area contributed by atoms with E-state index in [-0.39, 0.29) is 11.8 Å². The van der Waals surface area contributed by atoms with Gasteiger partial charge in [0.15, 0.2) is 0 Å². The third kappa shape index (κ3) is 4.35. The van der Waals surface area contributed by atoms with E-state index in [0.717, 1.165) is 11.3 Å². The van der Waals surface area contributed by atoms with Crippen LogP contribution in [0.3, 0.4) is 0 Å². The average Bonchev–Trinajstić information content (AvgIpc) is 3.06. The van der Waals surface area contributed by atoms with Crippen molar-refractivity contribution in [1.82, 2.24) is 9.97 Å². The van der Waals surface area contributed by atoms with Gasteiger partial charge < -0.3 is 9.73 Å². The van der Waals surface area contributed by atoms with Crippen molar-refractivity contribution in [2.45, 2.75) is 20.8 Å². The Morgan fingerprint density at radius 1 is 1.00 bits per heavy atom. The van der Waals surface area contributed by atoms with E-state index >= 15 is 0 Å². The van der Waals surface area contributed by atoms with Gasteiger partial charge in [0.2, 0.25) is 5.88 Å². The molecule has 7 heteroatoms. The fourth-order valence-corrected chi connectivity index (χ4v) is 3.30. The lowest BCUT2D eigenvalue weighted by atomic mass is 10.1. The zero-order valence-corrected chi connectivity index (χ0v) is 17.9. The van der Waals surface area contributed by atoms with Crippen molar-refractivity contribution in [3.63, 3.8) is 0 Å². The van der Waals surface area contributed by atoms with Gasteiger partial charge in [0, 0.05) is 28.4 Å². The van der Waals surface area contributed by atoms with Crippen LogP contribution in [0.1, 0.15) is 33.1 Å². The third-order valence-electron chi connectivity index (χ3n) is 5.03. The van der Waals surface area contributed by atoms with Crippen molar-refractivity contribution in [2.75, 3.05) is 10.6 Å². The first-order valence-corrected chi connectivity index (χ1v) is 10.0. The van der Waals surface area contributed by atoms with Crippen molar-refractivity contribution >= 4 is 23.3 Å². The second-order valence-electron chi connectivity index (χ2n) is 7.31. The third-order valence-corrected chi connectivity index (χ3v) is 5.03. The van der Waals surface area contributed by atoms with Crippen LogP contribution < -0.4 is 10.6 Å². The van der Waals surface area contributed by atoms with Crippen LogP contribution in [0, 0.1) is 32.1 Å². The maximum absolute atomic E-state index is 12.8. The van der Waals surface area contributed by atoms with Gasteiger partial charge in [0.1, 0.15) is 29.0 Å². The van der Waals surface area contributed by atoms with Crippen molar-refractivity contribution < 1.29 is 9.21 Å². The molecule has 0 radical (unpaired) electrons. The number of carbonyl (C=O) groups excluding carboxylic acids is 1. The monoisotopic (exact) mass is 423 g/mol. The molecule has 2 heterocycles. The lowest BCUT2D eigenvalue weighted by molar-refractivity contribution is 0.102. The molecule has 32 heavy (non-hydrogen) atoms. The Bertz CT molecular complexity index is 1340. The molecular weight excluding hydrogens is 402 g/mol. The second-order valence-corrected chi connectivity index (χ2v) is 7.31. The largest absolute Gasteiger partial charge is 0.444 e. The van der Waals surface area contributed by atoms with E-state index < -0.39 is 0 Å². The van der Waals surface area contributed by atoms with Gasteiger partial charge >= 0.3 is 0 Å². The van der Waals surface area contributed by atoms with Crippen LogP contribution in [0.4, 0.5) is 17.4 Å². The zero-order valence-electron chi connectivity index (χ0n) is 17.9. The molecule has 0 atom stereocenters. The summed E-state index contributed by atoms with van der Waals surface area (Å²) in [5.41, 5.74) is 3.96. The van der Waals surface area contributed by atoms with Crippen molar-refractivity contribution in [3.05, 3.63) is 88.9 Å². The van der Waals surface area contributed by atoms with Gasteiger partial charge in [0.25, 0.3) is 5.91 Å². The molecule has 0 spiro atoms. The smallest absolute Gasteiger partial charge is 0.258 e. The first kappa shape index (κ1) is 20.8. The molecule has 0 aliphatic carbocycles. The number of carbonyl (C=O) groups is 1. The number of hydrogen-bond acceptors (Lipinski definition) is 6. The van der Waals surface area contributed by atoms with E-state index in [1.54, 1.807) is 32.0 Å². The van der Waals surface area contributed by atoms with Crippen LogP contribution in [0.15, 0.2) is 65.1 Å². The van der Waals surface area contributed by atoms with Gasteiger partial charge in [0.05, 0.1) is 5.69 Å². The topological polar surface area (TPSA) is 104 Å². The van der Waals surface area contributed by atoms with Crippen LogP contribution in [-0.2, 0) is 0 Å². The van der Waals surface area contributed by atoms with E-state index in [1.165, 1.54) is 0 Å². The molecule has 0 fully saturated rings. The van der Waals surface area contributed by atoms with E-state index in [9.17, 15) is 10.1 Å². The van der Waals surface area contributed by atoms with E-state index in [2.05, 4.69) is 26.7 Å². The summed E-state index contributed by atoms with van der Waals surface area (Å²) in [4.78, 5) is 21.7. The normalized spacial score (nSPS) is 10.4. The molecule has 2 N–H and O–H groups in total. The highest BCUT2D eigenvalue weighted by molar-refractivity contribution is 6.04. The summed E-state index contributed by atoms with van der Waals surface area (Å²) in [7, 11) is 0. The van der Waals surface area contributed by atoms with Crippen molar-refractivity contribution in [3.8, 4) is 17.3 Å². The molecular formula is C25H21N5O2. The fourth-order valence-electron chi connectivity index (χ4n) is 3.30. The number of hydrogen-bond donors (Lipinski definition) is 2. The molecule has 7 nitrogen and oxygen atoms in total. The molecule has 0 aliphatic heterocycles. The molecule has 1 amide bonds. The molecule has 2 aromatic heterocycles. The fraction of sp³-hybridized carbons (Fsp3) is 0.120. The van der Waals surface area contributed by atoms with Crippen molar-refractivity contribution in [2.24, 2.45) is 0 Å². The van der Waals surface area contributed by atoms with Gasteiger partial charge in [-0.15, -0.1) is 0 Å². The number of nitrogens with one attached hydrogen (secondary N) is 2. The zero-order chi connectivity index (χ0) is 22.7. The maximum atomic E-state index is 12.8. The standard InChI is InChI=1S/C25H21N5O2/c1-15-16(2)32-25(21(15)14-26)30-24(31)19-10-7-11-20(12-19)29-23-13-22(27-17(3)28-23)18-8-5-4-6-9-18/h4-13H,1-3H3,(H,30,31)(H,27,28,29). The van der Waals surface area contributed by atoms with Gasteiger partial charge in [-0.2, -0.15) is 5.26 Å².